The fraction of sp³-hybridized carbons (Fsp3) is 0.611. The first-order chi connectivity index (χ1) is 11.5. The van der Waals surface area contributed by atoms with Crippen LogP contribution >= 0.6 is 0 Å². The molecule has 5 nitrogen and oxygen atoms in total. The number of hydrogen-bond donors (Lipinski definition) is 1. The van der Waals surface area contributed by atoms with Crippen LogP contribution in [-0.4, -0.2) is 38.9 Å². The fourth-order valence-electron chi connectivity index (χ4n) is 4.02. The van der Waals surface area contributed by atoms with E-state index in [-0.39, 0.29) is 10.8 Å². The van der Waals surface area contributed by atoms with Gasteiger partial charge in [0.05, 0.1) is 4.90 Å². The predicted octanol–water partition coefficient (Wildman–Crippen LogP) is 2.64. The number of fused-ring (bicyclic) bond motifs is 1. The Morgan fingerprint density at radius 3 is 2.46 bits per heavy atom. The molecule has 1 saturated heterocycles. The molecule has 24 heavy (non-hydrogen) atoms. The normalized spacial score (nSPS) is 24.5. The smallest absolute Gasteiger partial charge is 0.253 e. The van der Waals surface area contributed by atoms with Crippen LogP contribution in [0.2, 0.25) is 0 Å². The number of carbonyl (C=O) groups excluding carboxylic acids is 1. The monoisotopic (exact) mass is 350 g/mol. The quantitative estimate of drug-likeness (QED) is 0.908. The molecule has 132 valence electrons. The lowest BCUT2D eigenvalue weighted by Crippen LogP contribution is -2.44. The zero-order chi connectivity index (χ0) is 17.2. The summed E-state index contributed by atoms with van der Waals surface area (Å²) in [4.78, 5) is 14.9. The van der Waals surface area contributed by atoms with Crippen LogP contribution in [0.4, 0.5) is 0 Å². The van der Waals surface area contributed by atoms with Gasteiger partial charge < -0.3 is 4.90 Å². The molecule has 1 aromatic rings. The van der Waals surface area contributed by atoms with Gasteiger partial charge in [-0.3, -0.25) is 4.79 Å². The molecule has 1 amide bonds. The van der Waals surface area contributed by atoms with Gasteiger partial charge in [0.25, 0.3) is 5.91 Å². The molecule has 0 unspecified atom stereocenters. The minimum absolute atomic E-state index is 0.0198. The average molecular weight is 350 g/mol. The molecule has 0 aromatic heterocycles. The van der Waals surface area contributed by atoms with E-state index in [0.29, 0.717) is 18.0 Å². The summed E-state index contributed by atoms with van der Waals surface area (Å²) in [5.41, 5.74) is 0.569. The lowest BCUT2D eigenvalue weighted by molar-refractivity contribution is 0.0521. The van der Waals surface area contributed by atoms with Gasteiger partial charge in [0.15, 0.2) is 0 Å². The highest BCUT2D eigenvalue weighted by molar-refractivity contribution is 7.89. The van der Waals surface area contributed by atoms with Gasteiger partial charge in [-0.1, -0.05) is 26.2 Å². The third-order valence-electron chi connectivity index (χ3n) is 5.32. The summed E-state index contributed by atoms with van der Waals surface area (Å²) in [7, 11) is -3.47. The number of carbonyl (C=O) groups is 1. The van der Waals surface area contributed by atoms with E-state index >= 15 is 0 Å². The predicted molar refractivity (Wildman–Crippen MR) is 93.3 cm³/mol. The van der Waals surface area contributed by atoms with Crippen molar-refractivity contribution >= 4 is 15.9 Å². The van der Waals surface area contributed by atoms with E-state index in [2.05, 4.69) is 4.72 Å². The number of nitrogens with zero attached hydrogens (tertiary/aromatic N) is 1. The molecule has 2 aliphatic rings. The molecule has 1 aliphatic heterocycles. The number of amides is 1. The molecule has 2 atom stereocenters. The van der Waals surface area contributed by atoms with E-state index in [4.69, 9.17) is 0 Å². The van der Waals surface area contributed by atoms with E-state index in [1.54, 1.807) is 19.1 Å². The molecule has 1 saturated carbocycles. The minimum atomic E-state index is -3.47. The fourth-order valence-corrected chi connectivity index (χ4v) is 5.06. The van der Waals surface area contributed by atoms with Gasteiger partial charge in [-0.2, -0.15) is 0 Å². The van der Waals surface area contributed by atoms with Gasteiger partial charge in [0.2, 0.25) is 10.0 Å². The van der Waals surface area contributed by atoms with Crippen molar-refractivity contribution in [1.82, 2.24) is 9.62 Å². The second-order valence-electron chi connectivity index (χ2n) is 6.87. The first-order valence-electron chi connectivity index (χ1n) is 8.90. The van der Waals surface area contributed by atoms with Crippen LogP contribution in [0.5, 0.6) is 0 Å². The van der Waals surface area contributed by atoms with E-state index in [1.807, 2.05) is 4.90 Å². The summed E-state index contributed by atoms with van der Waals surface area (Å²) in [5.74, 6) is 1.45. The Morgan fingerprint density at radius 2 is 1.79 bits per heavy atom. The molecular formula is C18H26N2O3S. The van der Waals surface area contributed by atoms with Crippen LogP contribution in [-0.2, 0) is 10.0 Å². The van der Waals surface area contributed by atoms with Crippen molar-refractivity contribution in [2.24, 2.45) is 11.8 Å². The van der Waals surface area contributed by atoms with Crippen molar-refractivity contribution in [2.45, 2.75) is 43.9 Å². The molecule has 2 fully saturated rings. The Kier molecular flexibility index (Phi) is 5.25. The van der Waals surface area contributed by atoms with E-state index in [9.17, 15) is 13.2 Å². The maximum absolute atomic E-state index is 12.7. The molecule has 0 bridgehead atoms. The Hall–Kier alpha value is -1.40. The summed E-state index contributed by atoms with van der Waals surface area (Å²) in [6, 6.07) is 6.27. The van der Waals surface area contributed by atoms with Crippen LogP contribution in [0.25, 0.3) is 0 Å². The number of likely N-dealkylation sites (tertiary alicyclic amines) is 1. The molecule has 1 heterocycles. The second-order valence-corrected chi connectivity index (χ2v) is 8.64. The van der Waals surface area contributed by atoms with Crippen molar-refractivity contribution in [1.29, 1.82) is 0 Å². The van der Waals surface area contributed by atoms with Crippen LogP contribution < -0.4 is 4.72 Å². The SMILES string of the molecule is CCNS(=O)(=O)c1ccc(C(=O)N2CC[C@H]3CCCC[C@@H]3C2)cc1. The highest BCUT2D eigenvalue weighted by Gasteiger charge is 2.33. The van der Waals surface area contributed by atoms with Gasteiger partial charge in [0.1, 0.15) is 0 Å². The lowest BCUT2D eigenvalue weighted by atomic mass is 9.75. The Morgan fingerprint density at radius 1 is 1.12 bits per heavy atom. The molecule has 0 radical (unpaired) electrons. The third-order valence-corrected chi connectivity index (χ3v) is 6.89. The number of rotatable bonds is 4. The van der Waals surface area contributed by atoms with Crippen molar-refractivity contribution in [2.75, 3.05) is 19.6 Å². The third kappa shape index (κ3) is 3.64. The topological polar surface area (TPSA) is 66.5 Å². The van der Waals surface area contributed by atoms with Gasteiger partial charge in [-0.05, 0) is 48.9 Å². The van der Waals surface area contributed by atoms with E-state index in [1.165, 1.54) is 37.8 Å². The highest BCUT2D eigenvalue weighted by atomic mass is 32.2. The van der Waals surface area contributed by atoms with Gasteiger partial charge in [-0.15, -0.1) is 0 Å². The number of nitrogens with one attached hydrogen (secondary N) is 1. The van der Waals surface area contributed by atoms with Gasteiger partial charge in [-0.25, -0.2) is 13.1 Å². The van der Waals surface area contributed by atoms with Gasteiger partial charge in [0, 0.05) is 25.2 Å². The van der Waals surface area contributed by atoms with Gasteiger partial charge >= 0.3 is 0 Å². The maximum atomic E-state index is 12.7. The van der Waals surface area contributed by atoms with Crippen LogP contribution in [0.1, 0.15) is 49.4 Å². The van der Waals surface area contributed by atoms with Crippen molar-refractivity contribution < 1.29 is 13.2 Å². The molecule has 1 aromatic carbocycles. The molecule has 6 heteroatoms. The number of piperidine rings is 1. The molecule has 0 spiro atoms. The second kappa shape index (κ2) is 7.23. The van der Waals surface area contributed by atoms with E-state index in [0.717, 1.165) is 25.4 Å². The zero-order valence-corrected chi connectivity index (χ0v) is 15.0. The Labute approximate surface area is 144 Å². The summed E-state index contributed by atoms with van der Waals surface area (Å²) >= 11 is 0. The molecule has 1 aliphatic carbocycles. The maximum Gasteiger partial charge on any atom is 0.253 e. The summed E-state index contributed by atoms with van der Waals surface area (Å²) < 4.78 is 26.4. The van der Waals surface area contributed by atoms with E-state index < -0.39 is 10.0 Å². The van der Waals surface area contributed by atoms with Crippen LogP contribution in [0.15, 0.2) is 29.2 Å². The molecule has 3 rings (SSSR count). The zero-order valence-electron chi connectivity index (χ0n) is 14.2. The first kappa shape index (κ1) is 17.4. The number of sulfonamides is 1. The summed E-state index contributed by atoms with van der Waals surface area (Å²) in [6.07, 6.45) is 6.25. The molecule has 1 N–H and O–H groups in total. The Bertz CT molecular complexity index is 685. The van der Waals surface area contributed by atoms with Crippen LogP contribution in [0.3, 0.4) is 0 Å². The van der Waals surface area contributed by atoms with Crippen molar-refractivity contribution in [3.63, 3.8) is 0 Å². The first-order valence-corrected chi connectivity index (χ1v) is 10.4. The largest absolute Gasteiger partial charge is 0.338 e. The number of hydrogen-bond acceptors (Lipinski definition) is 3. The molecular weight excluding hydrogens is 324 g/mol. The van der Waals surface area contributed by atoms with Crippen molar-refractivity contribution in [3.8, 4) is 0 Å². The van der Waals surface area contributed by atoms with Crippen LogP contribution in [0, 0.1) is 11.8 Å². The Balaban J connectivity index is 1.69. The summed E-state index contributed by atoms with van der Waals surface area (Å²) in [5, 5.41) is 0. The standard InChI is InChI=1S/C18H26N2O3S/c1-2-19-24(22,23)17-9-7-15(8-10-17)18(21)20-12-11-14-5-3-4-6-16(14)13-20/h7-10,14,16,19H,2-6,11-13H2,1H3/t14-,16-/m1/s1. The minimum Gasteiger partial charge on any atom is -0.338 e. The average Bonchev–Trinajstić information content (AvgIpc) is 2.61. The highest BCUT2D eigenvalue weighted by Crippen LogP contribution is 2.36. The summed E-state index contributed by atoms with van der Waals surface area (Å²) in [6.45, 7) is 3.75. The lowest BCUT2D eigenvalue weighted by Gasteiger charge is -2.41. The van der Waals surface area contributed by atoms with Crippen molar-refractivity contribution in [3.05, 3.63) is 29.8 Å². The number of benzene rings is 1.